The van der Waals surface area contributed by atoms with Gasteiger partial charge in [-0.2, -0.15) is 0 Å². The molecule has 4 heteroatoms. The van der Waals surface area contributed by atoms with Gasteiger partial charge >= 0.3 is 6.09 Å². The molecule has 21 heavy (non-hydrogen) atoms. The van der Waals surface area contributed by atoms with Crippen LogP contribution in [0.1, 0.15) is 23.6 Å². The molecule has 3 rings (SSSR count). The van der Waals surface area contributed by atoms with E-state index in [0.29, 0.717) is 6.61 Å². The summed E-state index contributed by atoms with van der Waals surface area (Å²) in [5.41, 5.74) is 3.43. The summed E-state index contributed by atoms with van der Waals surface area (Å²) < 4.78 is 4.88. The molecule has 2 N–H and O–H groups in total. The second-order valence-electron chi connectivity index (χ2n) is 5.08. The van der Waals surface area contributed by atoms with Crippen LogP contribution < -0.4 is 10.6 Å². The number of carbonyl (C=O) groups is 1. The van der Waals surface area contributed by atoms with Gasteiger partial charge in [0.1, 0.15) is 0 Å². The number of amides is 1. The van der Waals surface area contributed by atoms with E-state index < -0.39 is 0 Å². The van der Waals surface area contributed by atoms with E-state index in [2.05, 4.69) is 22.8 Å². The van der Waals surface area contributed by atoms with E-state index in [1.165, 1.54) is 5.56 Å². The van der Waals surface area contributed by atoms with Crippen LogP contribution in [0, 0.1) is 0 Å². The summed E-state index contributed by atoms with van der Waals surface area (Å²) in [7, 11) is 0. The Bertz CT molecular complexity index is 596. The molecule has 1 heterocycles. The first-order chi connectivity index (χ1) is 10.3. The molecule has 1 atom stereocenters. The number of ether oxygens (including phenoxy) is 1. The first-order valence-electron chi connectivity index (χ1n) is 7.12. The molecular weight excluding hydrogens is 264 g/mol. The minimum absolute atomic E-state index is 0.0504. The predicted molar refractivity (Wildman–Crippen MR) is 82.1 cm³/mol. The molecule has 0 aromatic heterocycles. The summed E-state index contributed by atoms with van der Waals surface area (Å²) in [5, 5.41) is 6.22. The van der Waals surface area contributed by atoms with Gasteiger partial charge in [-0.15, -0.1) is 0 Å². The molecule has 0 radical (unpaired) electrons. The molecule has 2 aromatic carbocycles. The highest BCUT2D eigenvalue weighted by Crippen LogP contribution is 2.22. The lowest BCUT2D eigenvalue weighted by molar-refractivity contribution is 0.115. The number of hydrogen-bond donors (Lipinski definition) is 2. The van der Waals surface area contributed by atoms with Crippen molar-refractivity contribution in [3.05, 3.63) is 65.7 Å². The normalized spacial score (nSPS) is 17.7. The summed E-state index contributed by atoms with van der Waals surface area (Å²) in [6.07, 6.45) is 0.472. The Morgan fingerprint density at radius 2 is 1.86 bits per heavy atom. The fraction of sp³-hybridized carbons (Fsp3) is 0.235. The third kappa shape index (κ3) is 3.54. The van der Waals surface area contributed by atoms with Crippen molar-refractivity contribution in [3.63, 3.8) is 0 Å². The van der Waals surface area contributed by atoms with Gasteiger partial charge in [0.15, 0.2) is 0 Å². The van der Waals surface area contributed by atoms with Crippen molar-refractivity contribution in [3.8, 4) is 0 Å². The quantitative estimate of drug-likeness (QED) is 0.902. The Morgan fingerprint density at radius 1 is 1.10 bits per heavy atom. The fourth-order valence-electron chi connectivity index (χ4n) is 2.41. The van der Waals surface area contributed by atoms with Gasteiger partial charge in [0, 0.05) is 18.7 Å². The van der Waals surface area contributed by atoms with Crippen molar-refractivity contribution < 1.29 is 9.53 Å². The van der Waals surface area contributed by atoms with E-state index in [1.807, 2.05) is 42.5 Å². The maximum atomic E-state index is 11.2. The van der Waals surface area contributed by atoms with Crippen LogP contribution in [0.25, 0.3) is 0 Å². The van der Waals surface area contributed by atoms with E-state index in [-0.39, 0.29) is 12.1 Å². The maximum Gasteiger partial charge on any atom is 0.407 e. The maximum absolute atomic E-state index is 11.2. The third-order valence-electron chi connectivity index (χ3n) is 3.58. The number of alkyl carbamates (subject to hydrolysis) is 1. The molecule has 1 amide bonds. The first kappa shape index (κ1) is 13.5. The number of cyclic esters (lactones) is 1. The van der Waals surface area contributed by atoms with Gasteiger partial charge in [-0.3, -0.25) is 0 Å². The summed E-state index contributed by atoms with van der Waals surface area (Å²) in [6.45, 7) is 1.28. The minimum Gasteiger partial charge on any atom is -0.449 e. The van der Waals surface area contributed by atoms with Crippen LogP contribution in [-0.2, 0) is 11.3 Å². The summed E-state index contributed by atoms with van der Waals surface area (Å²) in [6, 6.07) is 18.5. The van der Waals surface area contributed by atoms with Gasteiger partial charge in [0.05, 0.1) is 12.6 Å². The van der Waals surface area contributed by atoms with Gasteiger partial charge in [-0.05, 0) is 23.3 Å². The number of carbonyl (C=O) groups excluding carboxylic acids is 1. The molecule has 108 valence electrons. The van der Waals surface area contributed by atoms with Crippen molar-refractivity contribution in [2.75, 3.05) is 11.9 Å². The molecule has 0 spiro atoms. The van der Waals surface area contributed by atoms with Gasteiger partial charge < -0.3 is 15.4 Å². The van der Waals surface area contributed by atoms with Crippen LogP contribution in [0.2, 0.25) is 0 Å². The zero-order valence-corrected chi connectivity index (χ0v) is 11.7. The average Bonchev–Trinajstić information content (AvgIpc) is 2.54. The summed E-state index contributed by atoms with van der Waals surface area (Å²) in [5.74, 6) is 0. The Kier molecular flexibility index (Phi) is 4.05. The van der Waals surface area contributed by atoms with Crippen LogP contribution in [0.15, 0.2) is 54.6 Å². The average molecular weight is 282 g/mol. The van der Waals surface area contributed by atoms with Crippen molar-refractivity contribution in [1.29, 1.82) is 0 Å². The monoisotopic (exact) mass is 282 g/mol. The SMILES string of the molecule is O=C1N[C@@H](c2ccc(NCc3ccccc3)cc2)CCO1. The highest BCUT2D eigenvalue weighted by molar-refractivity contribution is 5.68. The van der Waals surface area contributed by atoms with Gasteiger partial charge in [0.25, 0.3) is 0 Å². The van der Waals surface area contributed by atoms with Gasteiger partial charge in [0.2, 0.25) is 0 Å². The van der Waals surface area contributed by atoms with Crippen molar-refractivity contribution in [2.24, 2.45) is 0 Å². The number of benzene rings is 2. The van der Waals surface area contributed by atoms with Crippen molar-refractivity contribution >= 4 is 11.8 Å². The molecule has 4 nitrogen and oxygen atoms in total. The molecular formula is C17H18N2O2. The Hall–Kier alpha value is -2.49. The minimum atomic E-state index is -0.336. The lowest BCUT2D eigenvalue weighted by Gasteiger charge is -2.23. The van der Waals surface area contributed by atoms with Crippen molar-refractivity contribution in [2.45, 2.75) is 19.0 Å². The molecule has 1 fully saturated rings. The zero-order valence-electron chi connectivity index (χ0n) is 11.7. The largest absolute Gasteiger partial charge is 0.449 e. The molecule has 0 bridgehead atoms. The second kappa shape index (κ2) is 6.31. The number of hydrogen-bond acceptors (Lipinski definition) is 3. The Morgan fingerprint density at radius 3 is 2.57 bits per heavy atom. The highest BCUT2D eigenvalue weighted by atomic mass is 16.5. The Labute approximate surface area is 124 Å². The summed E-state index contributed by atoms with van der Waals surface area (Å²) >= 11 is 0. The van der Waals surface area contributed by atoms with Gasteiger partial charge in [-0.25, -0.2) is 4.79 Å². The smallest absolute Gasteiger partial charge is 0.407 e. The van der Waals surface area contributed by atoms with Crippen LogP contribution in [0.3, 0.4) is 0 Å². The van der Waals surface area contributed by atoms with E-state index >= 15 is 0 Å². The molecule has 1 saturated heterocycles. The second-order valence-corrected chi connectivity index (χ2v) is 5.08. The first-order valence-corrected chi connectivity index (χ1v) is 7.12. The number of rotatable bonds is 4. The lowest BCUT2D eigenvalue weighted by Crippen LogP contribution is -2.35. The standard InChI is InChI=1S/C17H18N2O2/c20-17-19-16(10-11-21-17)14-6-8-15(9-7-14)18-12-13-4-2-1-3-5-13/h1-9,16,18H,10-12H2,(H,19,20)/t16-/m1/s1. The predicted octanol–water partition coefficient (Wildman–Crippen LogP) is 3.47. The van der Waals surface area contributed by atoms with E-state index in [9.17, 15) is 4.79 Å². The van der Waals surface area contributed by atoms with Crippen LogP contribution >= 0.6 is 0 Å². The molecule has 1 aliphatic rings. The van der Waals surface area contributed by atoms with Crippen LogP contribution in [0.4, 0.5) is 10.5 Å². The molecule has 0 aliphatic carbocycles. The molecule has 0 saturated carbocycles. The third-order valence-corrected chi connectivity index (χ3v) is 3.58. The van der Waals surface area contributed by atoms with Crippen molar-refractivity contribution in [1.82, 2.24) is 5.32 Å². The van der Waals surface area contributed by atoms with E-state index in [0.717, 1.165) is 24.2 Å². The summed E-state index contributed by atoms with van der Waals surface area (Å²) in [4.78, 5) is 11.2. The van der Waals surface area contributed by atoms with E-state index in [4.69, 9.17) is 4.74 Å². The molecule has 1 aliphatic heterocycles. The molecule has 0 unspecified atom stereocenters. The fourth-order valence-corrected chi connectivity index (χ4v) is 2.41. The highest BCUT2D eigenvalue weighted by Gasteiger charge is 2.20. The zero-order chi connectivity index (χ0) is 14.5. The van der Waals surface area contributed by atoms with Crippen LogP contribution in [-0.4, -0.2) is 12.7 Å². The van der Waals surface area contributed by atoms with E-state index in [1.54, 1.807) is 0 Å². The van der Waals surface area contributed by atoms with Gasteiger partial charge in [-0.1, -0.05) is 42.5 Å². The van der Waals surface area contributed by atoms with Crippen LogP contribution in [0.5, 0.6) is 0 Å². The Balaban J connectivity index is 1.60. The number of nitrogens with one attached hydrogen (secondary N) is 2. The molecule has 2 aromatic rings. The topological polar surface area (TPSA) is 50.4 Å². The number of anilines is 1. The lowest BCUT2D eigenvalue weighted by atomic mass is 10.0.